The molecule has 0 saturated carbocycles. The van der Waals surface area contributed by atoms with E-state index in [4.69, 9.17) is 5.11 Å². The minimum absolute atomic E-state index is 0.305. The van der Waals surface area contributed by atoms with Crippen LogP contribution in [-0.2, 0) is 4.79 Å². The molecule has 1 atom stereocenters. The highest BCUT2D eigenvalue weighted by molar-refractivity contribution is 7.81. The molecule has 3 heteroatoms. The summed E-state index contributed by atoms with van der Waals surface area (Å²) in [4.78, 5) is 10.3. The topological polar surface area (TPSA) is 37.3 Å². The Hall–Kier alpha value is -0.180. The lowest BCUT2D eigenvalue weighted by Crippen LogP contribution is -2.20. The van der Waals surface area contributed by atoms with Crippen molar-refractivity contribution in [1.82, 2.24) is 0 Å². The predicted molar refractivity (Wildman–Crippen MR) is 81.4 cm³/mol. The molecular weight excluding hydrogens is 244 g/mol. The SMILES string of the molecule is CC(C)(C)C(S)CCCCCCCCCC(=O)O. The van der Waals surface area contributed by atoms with Crippen molar-refractivity contribution in [1.29, 1.82) is 0 Å². The summed E-state index contributed by atoms with van der Waals surface area (Å²) in [7, 11) is 0. The van der Waals surface area contributed by atoms with Crippen molar-refractivity contribution in [3.63, 3.8) is 0 Å². The molecule has 0 spiro atoms. The van der Waals surface area contributed by atoms with E-state index in [-0.39, 0.29) is 0 Å². The monoisotopic (exact) mass is 274 g/mol. The summed E-state index contributed by atoms with van der Waals surface area (Å²) >= 11 is 4.65. The second-order valence-corrected chi connectivity index (χ2v) is 6.91. The fourth-order valence-corrected chi connectivity index (χ4v) is 2.11. The second-order valence-electron chi connectivity index (χ2n) is 6.29. The summed E-state index contributed by atoms with van der Waals surface area (Å²) in [5.41, 5.74) is 0.305. The number of aliphatic carboxylic acids is 1. The number of carboxylic acid groups (broad SMARTS) is 1. The Labute approximate surface area is 118 Å². The maximum absolute atomic E-state index is 10.3. The van der Waals surface area contributed by atoms with Gasteiger partial charge in [0.25, 0.3) is 0 Å². The fourth-order valence-electron chi connectivity index (χ4n) is 1.93. The van der Waals surface area contributed by atoms with E-state index in [1.807, 2.05) is 0 Å². The highest BCUT2D eigenvalue weighted by atomic mass is 32.1. The van der Waals surface area contributed by atoms with Gasteiger partial charge in [-0.2, -0.15) is 12.6 Å². The van der Waals surface area contributed by atoms with E-state index in [0.717, 1.165) is 12.8 Å². The van der Waals surface area contributed by atoms with E-state index >= 15 is 0 Å². The van der Waals surface area contributed by atoms with Gasteiger partial charge in [0.2, 0.25) is 0 Å². The molecule has 1 unspecified atom stereocenters. The lowest BCUT2D eigenvalue weighted by molar-refractivity contribution is -0.137. The lowest BCUT2D eigenvalue weighted by atomic mass is 9.88. The van der Waals surface area contributed by atoms with E-state index in [1.54, 1.807) is 0 Å². The number of carbonyl (C=O) groups is 1. The van der Waals surface area contributed by atoms with E-state index in [9.17, 15) is 4.79 Å². The molecule has 2 nitrogen and oxygen atoms in total. The van der Waals surface area contributed by atoms with Crippen molar-refractivity contribution in [2.75, 3.05) is 0 Å². The molecule has 0 radical (unpaired) electrons. The third kappa shape index (κ3) is 10.9. The van der Waals surface area contributed by atoms with Gasteiger partial charge in [-0.05, 0) is 18.3 Å². The van der Waals surface area contributed by atoms with Crippen LogP contribution in [0.4, 0.5) is 0 Å². The molecule has 0 aromatic rings. The molecule has 0 saturated heterocycles. The number of thiol groups is 1. The van der Waals surface area contributed by atoms with Crippen LogP contribution in [0.25, 0.3) is 0 Å². The highest BCUT2D eigenvalue weighted by Crippen LogP contribution is 2.28. The maximum Gasteiger partial charge on any atom is 0.303 e. The molecule has 0 aromatic carbocycles. The third-order valence-corrected chi connectivity index (χ3v) is 4.40. The van der Waals surface area contributed by atoms with Crippen LogP contribution in [0.1, 0.15) is 78.6 Å². The Morgan fingerprint density at radius 3 is 1.89 bits per heavy atom. The first-order valence-electron chi connectivity index (χ1n) is 7.24. The number of unbranched alkanes of at least 4 members (excludes halogenated alkanes) is 6. The molecule has 18 heavy (non-hydrogen) atoms. The lowest BCUT2D eigenvalue weighted by Gasteiger charge is -2.26. The quantitative estimate of drug-likeness (QED) is 0.438. The van der Waals surface area contributed by atoms with Gasteiger partial charge in [-0.25, -0.2) is 0 Å². The van der Waals surface area contributed by atoms with Gasteiger partial charge in [0.15, 0.2) is 0 Å². The Morgan fingerprint density at radius 1 is 1.00 bits per heavy atom. The van der Waals surface area contributed by atoms with Crippen LogP contribution in [0, 0.1) is 5.41 Å². The molecule has 108 valence electrons. The first-order chi connectivity index (χ1) is 8.34. The third-order valence-electron chi connectivity index (χ3n) is 3.37. The summed E-state index contributed by atoms with van der Waals surface area (Å²) < 4.78 is 0. The summed E-state index contributed by atoms with van der Waals surface area (Å²) in [6.07, 6.45) is 9.66. The van der Waals surface area contributed by atoms with Crippen molar-refractivity contribution in [3.8, 4) is 0 Å². The normalized spacial score (nSPS) is 13.6. The Balaban J connectivity index is 3.24. The zero-order chi connectivity index (χ0) is 14.0. The van der Waals surface area contributed by atoms with Crippen LogP contribution in [0.3, 0.4) is 0 Å². The molecule has 0 aliphatic heterocycles. The number of rotatable bonds is 10. The van der Waals surface area contributed by atoms with E-state index < -0.39 is 5.97 Å². The van der Waals surface area contributed by atoms with Gasteiger partial charge in [0.1, 0.15) is 0 Å². The average molecular weight is 274 g/mol. The van der Waals surface area contributed by atoms with Gasteiger partial charge in [-0.1, -0.05) is 59.3 Å². The van der Waals surface area contributed by atoms with Crippen molar-refractivity contribution >= 4 is 18.6 Å². The zero-order valence-electron chi connectivity index (χ0n) is 12.2. The number of carboxylic acids is 1. The minimum atomic E-state index is -0.669. The van der Waals surface area contributed by atoms with Gasteiger partial charge in [-0.15, -0.1) is 0 Å². The van der Waals surface area contributed by atoms with Crippen molar-refractivity contribution in [2.24, 2.45) is 5.41 Å². The second kappa shape index (κ2) is 9.71. The molecular formula is C15H30O2S. The van der Waals surface area contributed by atoms with Crippen LogP contribution in [0.2, 0.25) is 0 Å². The molecule has 0 heterocycles. The zero-order valence-corrected chi connectivity index (χ0v) is 13.1. The molecule has 0 aliphatic rings. The Bertz CT molecular complexity index is 221. The van der Waals surface area contributed by atoms with E-state index in [2.05, 4.69) is 33.4 Å². The molecule has 0 aromatic heterocycles. The molecule has 0 bridgehead atoms. The van der Waals surface area contributed by atoms with Crippen LogP contribution < -0.4 is 0 Å². The first kappa shape index (κ1) is 17.8. The molecule has 0 amide bonds. The van der Waals surface area contributed by atoms with Crippen LogP contribution >= 0.6 is 12.6 Å². The number of hydrogen-bond donors (Lipinski definition) is 2. The predicted octanol–water partition coefficient (Wildman–Crippen LogP) is 4.93. The molecule has 0 rings (SSSR count). The van der Waals surface area contributed by atoms with Gasteiger partial charge in [0.05, 0.1) is 0 Å². The highest BCUT2D eigenvalue weighted by Gasteiger charge is 2.19. The first-order valence-corrected chi connectivity index (χ1v) is 7.75. The van der Waals surface area contributed by atoms with Crippen molar-refractivity contribution in [2.45, 2.75) is 83.8 Å². The standard InChI is InChI=1S/C15H30O2S/c1-15(2,3)13(18)11-9-7-5-4-6-8-10-12-14(16)17/h13,18H,4-12H2,1-3H3,(H,16,17). The van der Waals surface area contributed by atoms with E-state index in [1.165, 1.54) is 38.5 Å². The molecule has 0 fully saturated rings. The van der Waals surface area contributed by atoms with Gasteiger partial charge >= 0.3 is 5.97 Å². The smallest absolute Gasteiger partial charge is 0.303 e. The minimum Gasteiger partial charge on any atom is -0.481 e. The maximum atomic E-state index is 10.3. The summed E-state index contributed by atoms with van der Waals surface area (Å²) in [5, 5.41) is 8.99. The van der Waals surface area contributed by atoms with Crippen LogP contribution in [0.5, 0.6) is 0 Å². The Kier molecular flexibility index (Phi) is 9.61. The fraction of sp³-hybridized carbons (Fsp3) is 0.933. The van der Waals surface area contributed by atoms with Gasteiger partial charge < -0.3 is 5.11 Å². The molecule has 0 aliphatic carbocycles. The largest absolute Gasteiger partial charge is 0.481 e. The number of hydrogen-bond acceptors (Lipinski definition) is 2. The van der Waals surface area contributed by atoms with Crippen molar-refractivity contribution in [3.05, 3.63) is 0 Å². The van der Waals surface area contributed by atoms with Crippen molar-refractivity contribution < 1.29 is 9.90 Å². The summed E-state index contributed by atoms with van der Waals surface area (Å²) in [6.45, 7) is 6.73. The summed E-state index contributed by atoms with van der Waals surface area (Å²) in [5.74, 6) is -0.669. The summed E-state index contributed by atoms with van der Waals surface area (Å²) in [6, 6.07) is 0. The van der Waals surface area contributed by atoms with Crippen LogP contribution in [-0.4, -0.2) is 16.3 Å². The van der Waals surface area contributed by atoms with E-state index in [0.29, 0.717) is 17.1 Å². The Morgan fingerprint density at radius 2 is 1.44 bits per heavy atom. The van der Waals surface area contributed by atoms with Gasteiger partial charge in [-0.3, -0.25) is 4.79 Å². The average Bonchev–Trinajstić information content (AvgIpc) is 2.24. The van der Waals surface area contributed by atoms with Gasteiger partial charge in [0, 0.05) is 11.7 Å². The van der Waals surface area contributed by atoms with Crippen LogP contribution in [0.15, 0.2) is 0 Å². The molecule has 1 N–H and O–H groups in total.